The Kier molecular flexibility index (Phi) is 20.9. The van der Waals surface area contributed by atoms with Gasteiger partial charge < -0.3 is 24.8 Å². The molecule has 4 heteroatoms. The molecule has 0 aliphatic carbocycles. The fraction of sp³-hybridized carbons (Fsp3) is 0.438. The predicted molar refractivity (Wildman–Crippen MR) is 152 cm³/mol. The van der Waals surface area contributed by atoms with Crippen molar-refractivity contribution in [2.45, 2.75) is 91.1 Å². The molecule has 0 aromatic heterocycles. The summed E-state index contributed by atoms with van der Waals surface area (Å²) in [4.78, 5) is 0. The summed E-state index contributed by atoms with van der Waals surface area (Å²) in [5.74, 6) is 0. The van der Waals surface area contributed by atoms with Gasteiger partial charge in [-0.15, -0.1) is 81.2 Å². The summed E-state index contributed by atoms with van der Waals surface area (Å²) in [6.07, 6.45) is 11.7. The van der Waals surface area contributed by atoms with Crippen LogP contribution in [-0.4, -0.2) is 5.43 Å². The second-order valence-electron chi connectivity index (χ2n) is 9.55. The van der Waals surface area contributed by atoms with Gasteiger partial charge in [-0.3, -0.25) is 0 Å². The number of unbranched alkanes of at least 4 members (excludes halogenated alkanes) is 6. The molecule has 0 fully saturated rings. The Bertz CT molecular complexity index is 944. The first-order chi connectivity index (χ1) is 16.5. The van der Waals surface area contributed by atoms with E-state index in [9.17, 15) is 0 Å². The van der Waals surface area contributed by atoms with Crippen molar-refractivity contribution < 1.29 is 48.1 Å². The van der Waals surface area contributed by atoms with Gasteiger partial charge in [0.1, 0.15) is 0 Å². The van der Waals surface area contributed by atoms with E-state index in [0.717, 1.165) is 0 Å². The third kappa shape index (κ3) is 14.3. The van der Waals surface area contributed by atoms with E-state index in [0.29, 0.717) is 0 Å². The van der Waals surface area contributed by atoms with Gasteiger partial charge >= 0.3 is 106 Å². The van der Waals surface area contributed by atoms with Crippen LogP contribution in [0.15, 0.2) is 72.8 Å². The smallest absolute Gasteiger partial charge is 0.0579 e. The maximum atomic E-state index is 2.30. The van der Waals surface area contributed by atoms with Crippen LogP contribution in [0.3, 0.4) is 0 Å². The van der Waals surface area contributed by atoms with Crippen molar-refractivity contribution in [3.8, 4) is 0 Å². The number of aryl methyl sites for hydroxylation is 2. The molecule has 0 atom stereocenters. The molecule has 0 radical (unpaired) electrons. The average molecular weight is 619 g/mol. The second-order valence-corrected chi connectivity index (χ2v) is 17.0. The summed E-state index contributed by atoms with van der Waals surface area (Å²) in [7, 11) is 0. The maximum Gasteiger partial charge on any atom is -0.0579 e. The predicted octanol–water partition coefficient (Wildman–Crippen LogP) is 4.43. The molecular weight excluding hydrogens is 575 g/mol. The minimum absolute atomic E-state index is 0. The third-order valence-electron chi connectivity index (χ3n) is 6.19. The Morgan fingerprint density at radius 1 is 0.611 bits per heavy atom. The molecule has 0 N–H and O–H groups in total. The fourth-order valence-electron chi connectivity index (χ4n) is 4.27. The number of halogens is 2. The van der Waals surface area contributed by atoms with Gasteiger partial charge in [0.25, 0.3) is 0 Å². The van der Waals surface area contributed by atoms with Crippen LogP contribution < -0.4 is 24.8 Å². The molecule has 4 aromatic rings. The SMILES string of the molecule is CCCCCC[Si](=[Zr+2])CCCCCC.Cc1cc2ccccc2[cH-]1.Cc1cc2ccccc2[cH-]1.[Cl-].[Cl-]. The van der Waals surface area contributed by atoms with Crippen molar-refractivity contribution in [1.82, 2.24) is 0 Å². The standard InChI is InChI=1S/C12H26Si.2C10H9.2ClH.Zr/c1-3-5-7-9-11-13-12-10-8-6-4-2;2*1-8-6-9-4-2-3-5-10(9)7-8;;;/h3-12H2,1-2H3;2*2-7H,1H3;2*1H;/q;2*-1;;;+2/p-2. The maximum absolute atomic E-state index is 2.30. The minimum Gasteiger partial charge on any atom is -1.00 e. The van der Waals surface area contributed by atoms with Crippen LogP contribution in [0, 0.1) is 13.8 Å². The van der Waals surface area contributed by atoms with Crippen molar-refractivity contribution in [3.05, 3.63) is 83.9 Å². The molecule has 196 valence electrons. The van der Waals surface area contributed by atoms with Crippen LogP contribution in [0.1, 0.15) is 76.3 Å². The summed E-state index contributed by atoms with van der Waals surface area (Å²) in [6.45, 7) is 8.85. The molecule has 0 aliphatic rings. The Hall–Kier alpha value is -0.660. The molecular formula is C32H44Cl2SiZr-2. The monoisotopic (exact) mass is 616 g/mol. The van der Waals surface area contributed by atoms with Gasteiger partial charge in [0.2, 0.25) is 0 Å². The van der Waals surface area contributed by atoms with Crippen LogP contribution in [0.5, 0.6) is 0 Å². The van der Waals surface area contributed by atoms with E-state index in [1.165, 1.54) is 84.0 Å². The summed E-state index contributed by atoms with van der Waals surface area (Å²) in [6, 6.07) is 28.9. The van der Waals surface area contributed by atoms with Crippen molar-refractivity contribution in [2.75, 3.05) is 0 Å². The van der Waals surface area contributed by atoms with Gasteiger partial charge in [-0.1, -0.05) is 26.0 Å². The summed E-state index contributed by atoms with van der Waals surface area (Å²) < 4.78 is 0. The molecule has 4 aromatic carbocycles. The van der Waals surface area contributed by atoms with E-state index in [-0.39, 0.29) is 30.2 Å². The van der Waals surface area contributed by atoms with Crippen LogP contribution in [-0.2, 0) is 23.3 Å². The van der Waals surface area contributed by atoms with Crippen LogP contribution >= 0.6 is 0 Å². The van der Waals surface area contributed by atoms with E-state index in [4.69, 9.17) is 0 Å². The van der Waals surface area contributed by atoms with Gasteiger partial charge in [-0.2, -0.15) is 12.1 Å². The molecule has 0 saturated carbocycles. The molecule has 0 nitrogen and oxygen atoms in total. The van der Waals surface area contributed by atoms with Crippen LogP contribution in [0.2, 0.25) is 12.1 Å². The Morgan fingerprint density at radius 2 is 1.00 bits per heavy atom. The second kappa shape index (κ2) is 21.3. The van der Waals surface area contributed by atoms with Crippen molar-refractivity contribution in [3.63, 3.8) is 0 Å². The molecule has 0 heterocycles. The Balaban J connectivity index is 0.000000503. The van der Waals surface area contributed by atoms with E-state index in [2.05, 4.69) is 100 Å². The first-order valence-corrected chi connectivity index (χ1v) is 18.9. The van der Waals surface area contributed by atoms with E-state index in [1.54, 1.807) is 12.1 Å². The Labute approximate surface area is 248 Å². The topological polar surface area (TPSA) is 0 Å². The summed E-state index contributed by atoms with van der Waals surface area (Å²) >= 11 is 1.88. The van der Waals surface area contributed by atoms with E-state index < -0.39 is 0 Å². The largest absolute Gasteiger partial charge is 1.00 e. The third-order valence-corrected chi connectivity index (χ3v) is 11.8. The number of fused-ring (bicyclic) bond motifs is 2. The molecule has 0 amide bonds. The fourth-order valence-corrected chi connectivity index (χ4v) is 8.48. The number of benzene rings is 2. The number of hydrogen-bond acceptors (Lipinski definition) is 0. The first kappa shape index (κ1) is 35.3. The van der Waals surface area contributed by atoms with Gasteiger partial charge in [0.05, 0.1) is 0 Å². The van der Waals surface area contributed by atoms with Gasteiger partial charge in [-0.05, 0) is 0 Å². The average Bonchev–Trinajstić information content (AvgIpc) is 3.41. The quantitative estimate of drug-likeness (QED) is 0.140. The van der Waals surface area contributed by atoms with Crippen molar-refractivity contribution in [2.24, 2.45) is 0 Å². The first-order valence-electron chi connectivity index (χ1n) is 13.3. The Morgan fingerprint density at radius 3 is 1.36 bits per heavy atom. The summed E-state index contributed by atoms with van der Waals surface area (Å²) in [5.41, 5.74) is 2.84. The van der Waals surface area contributed by atoms with Crippen LogP contribution in [0.25, 0.3) is 21.5 Å². The zero-order valence-corrected chi connectivity index (χ0v) is 27.7. The van der Waals surface area contributed by atoms with E-state index in [1.807, 2.05) is 23.3 Å². The number of hydrogen-bond donors (Lipinski definition) is 0. The molecule has 0 aliphatic heterocycles. The van der Waals surface area contributed by atoms with Gasteiger partial charge in [-0.25, -0.2) is 0 Å². The van der Waals surface area contributed by atoms with Crippen LogP contribution in [0.4, 0.5) is 0 Å². The molecule has 36 heavy (non-hydrogen) atoms. The molecule has 4 rings (SSSR count). The van der Waals surface area contributed by atoms with Gasteiger partial charge in [0.15, 0.2) is 0 Å². The summed E-state index contributed by atoms with van der Waals surface area (Å²) in [5, 5.41) is 5.39. The molecule has 0 bridgehead atoms. The zero-order valence-electron chi connectivity index (χ0n) is 22.8. The van der Waals surface area contributed by atoms with Gasteiger partial charge in [0, 0.05) is 0 Å². The normalized spacial score (nSPS) is 9.94. The number of rotatable bonds is 10. The van der Waals surface area contributed by atoms with E-state index >= 15 is 0 Å². The van der Waals surface area contributed by atoms with Crippen molar-refractivity contribution >= 4 is 27.0 Å². The minimum atomic E-state index is 0. The zero-order chi connectivity index (χ0) is 24.6. The molecule has 0 saturated heterocycles. The molecule has 0 spiro atoms. The van der Waals surface area contributed by atoms with Crippen molar-refractivity contribution in [1.29, 1.82) is 0 Å². The molecule has 0 unspecified atom stereocenters.